The fraction of sp³-hybridized carbons (Fsp3) is 0.554. The first-order chi connectivity index (χ1) is 42.6. The molecule has 0 aliphatic carbocycles. The third-order valence-corrected chi connectivity index (χ3v) is 16.7. The molecule has 19 nitrogen and oxygen atoms in total. The smallest absolute Gasteiger partial charge is 0.164 e. The summed E-state index contributed by atoms with van der Waals surface area (Å²) >= 11 is 26.3. The number of nitrogens with zero attached hydrogens (tertiary/aromatic N) is 6. The molecule has 564 valence electrons. The first kappa shape index (κ1) is 120. The molecule has 5 rings (SSSR count). The maximum absolute atomic E-state index is 12.0. The number of aliphatic hydroxyl groups excluding tert-OH is 2. The maximum atomic E-state index is 12.0. The third kappa shape index (κ3) is 73.3. The second-order valence-electron chi connectivity index (χ2n) is 22.3. The van der Waals surface area contributed by atoms with E-state index in [1.54, 1.807) is 56.7 Å². The number of pyridine rings is 5. The number of hydrogen-bond donors (Lipinski definition) is 5. The topological polar surface area (TPSA) is 339 Å². The predicted octanol–water partition coefficient (Wildman–Crippen LogP) is 17.3. The molecule has 32 heteroatoms. The third-order valence-electron chi connectivity index (χ3n) is 9.57. The van der Waals surface area contributed by atoms with E-state index in [0.717, 1.165) is 78.1 Å². The van der Waals surface area contributed by atoms with Gasteiger partial charge in [-0.1, -0.05) is 39.8 Å². The van der Waals surface area contributed by atoms with Crippen LogP contribution in [0.3, 0.4) is 0 Å². The Morgan fingerprint density at radius 2 is 0.959 bits per heavy atom. The van der Waals surface area contributed by atoms with Crippen molar-refractivity contribution in [3.63, 3.8) is 0 Å². The molecule has 0 unspecified atom stereocenters. The Labute approximate surface area is 669 Å². The second-order valence-corrected chi connectivity index (χ2v) is 32.8. The van der Waals surface area contributed by atoms with Gasteiger partial charge in [0.2, 0.25) is 0 Å². The summed E-state index contributed by atoms with van der Waals surface area (Å²) in [5, 5.41) is 20.1. The number of nitrogens with two attached hydrogens (primary N) is 2. The molecule has 11 N–H and O–H groups in total. The molecule has 0 aliphatic heterocycles. The molecule has 97 heavy (non-hydrogen) atoms. The number of aromatic nitrogens is 5. The van der Waals surface area contributed by atoms with Crippen molar-refractivity contribution < 1.29 is 69.8 Å². The van der Waals surface area contributed by atoms with E-state index in [1.807, 2.05) is 167 Å². The molecule has 5 atom stereocenters. The van der Waals surface area contributed by atoms with Gasteiger partial charge < -0.3 is 38.1 Å². The zero-order valence-electron chi connectivity index (χ0n) is 60.3. The number of nitrogens with one attached hydrogen (secondary N) is 1. The minimum Gasteiger partial charge on any atom is -0.412 e. The average Bonchev–Trinajstić information content (AvgIpc) is 1.23. The van der Waals surface area contributed by atoms with E-state index >= 15 is 0 Å². The van der Waals surface area contributed by atoms with E-state index < -0.39 is 33.0 Å². The van der Waals surface area contributed by atoms with Gasteiger partial charge in [0.25, 0.3) is 0 Å². The van der Waals surface area contributed by atoms with Gasteiger partial charge in [0, 0.05) is 113 Å². The summed E-state index contributed by atoms with van der Waals surface area (Å²) in [5.41, 5.74) is 11.0. The Bertz CT molecular complexity index is 2730. The van der Waals surface area contributed by atoms with E-state index in [1.165, 1.54) is 6.20 Å². The normalized spacial score (nSPS) is 11.6. The molecule has 0 aliphatic rings. The number of hydrogen-bond acceptors (Lipinski definition) is 14. The van der Waals surface area contributed by atoms with Gasteiger partial charge in [-0.25, -0.2) is 42.3 Å². The van der Waals surface area contributed by atoms with E-state index in [-0.39, 0.29) is 95.7 Å². The summed E-state index contributed by atoms with van der Waals surface area (Å²) in [7, 11) is -2.47. The van der Waals surface area contributed by atoms with E-state index in [0.29, 0.717) is 41.5 Å². The summed E-state index contributed by atoms with van der Waals surface area (Å²) in [6.45, 7) is 40.7. The van der Waals surface area contributed by atoms with Crippen LogP contribution in [0.5, 0.6) is 0 Å². The molecule has 0 saturated carbocycles. The number of ketones is 1. The molecule has 5 heterocycles. The van der Waals surface area contributed by atoms with Crippen LogP contribution in [0.2, 0.25) is 0 Å². The van der Waals surface area contributed by atoms with Crippen molar-refractivity contribution in [1.82, 2.24) is 29.6 Å². The number of carbonyl (C=O) groups is 2. The Balaban J connectivity index is -0.0000000968. The van der Waals surface area contributed by atoms with Gasteiger partial charge in [0.05, 0.1) is 54.1 Å². The fourth-order valence-electron chi connectivity index (χ4n) is 4.98. The second kappa shape index (κ2) is 72.1. The predicted molar refractivity (Wildman–Crippen MR) is 433 cm³/mol. The first-order valence-electron chi connectivity index (χ1n) is 29.4. The molecule has 0 saturated heterocycles. The minimum absolute atomic E-state index is 0. The number of halogens is 9. The zero-order chi connectivity index (χ0) is 73.0. The quantitative estimate of drug-likeness (QED) is 0.0124. The number of aldehydes is 1. The van der Waals surface area contributed by atoms with Crippen molar-refractivity contribution in [3.8, 4) is 0 Å². The van der Waals surface area contributed by atoms with Crippen molar-refractivity contribution in [2.45, 2.75) is 216 Å². The molecule has 0 amide bonds. The number of rotatable bonds is 15. The van der Waals surface area contributed by atoms with E-state index in [2.05, 4.69) is 128 Å². The van der Waals surface area contributed by atoms with Crippen LogP contribution in [0, 0.1) is 6.42 Å². The van der Waals surface area contributed by atoms with Crippen LogP contribution < -0.4 is 15.6 Å². The van der Waals surface area contributed by atoms with Gasteiger partial charge in [-0.05, 0) is 262 Å². The molecule has 0 bridgehead atoms. The Morgan fingerprint density at radius 3 is 1.19 bits per heavy atom. The summed E-state index contributed by atoms with van der Waals surface area (Å²) in [6, 6.07) is 18.7. The Morgan fingerprint density at radius 1 is 0.619 bits per heavy atom. The summed E-state index contributed by atoms with van der Waals surface area (Å²) in [5.74, 6) is 1.24. The van der Waals surface area contributed by atoms with Crippen LogP contribution in [0.25, 0.3) is 0 Å². The van der Waals surface area contributed by atoms with E-state index in [4.69, 9.17) is 49.0 Å². The molecule has 5 aromatic heterocycles. The van der Waals surface area contributed by atoms with E-state index in [9.17, 15) is 22.2 Å². The van der Waals surface area contributed by atoms with Gasteiger partial charge in [-0.15, -0.1) is 48.0 Å². The van der Waals surface area contributed by atoms with Crippen LogP contribution in [0.1, 0.15) is 221 Å². The standard InChI is InChI=1S/C12H19BrN2OS.C12H17BrN2OS.C8H11BrN2.C8H8BrNO.C6H4BrNO.C6H14O.C4H11NOS.C3H8O.C3H7.C2H4Cl2.CH4O.2ClH.2H2O.Ti/c2*1-5-10(15-17(16)12(2,3)4)9-6-7-11(13)14-8-9;1-2-7(10)6-3-4-8(9)11-5-6;1-2-7(11)6-3-4-8(9)10-5-6;7-6-2-1-5(4-9)3-8-6;1-5(2)7-6(3)4;1-4(2,3)7(5)6;1-3(2)4;1-3-2;3-1-2-4;1-2;;;;;/h6-8,10,15H,5H2,1-4H3;6-8H,5H2,1-4H3;3-5,7H,2,10H2,1H3;3-5H,2H2,1H3;1-4H;5-6H,1-4H3;5H2,1-3H3;3-4H,1-2H3;3H,1-2H3;1-2H2;2H,1H3;2*1H;2*1H2;/q;;;;;;;;-1;;;;;;;/t10-,17+;17-;7-;;;;7-;;;;;;;;;/m010...1........./s1. The molecule has 5 aromatic rings. The first-order valence-corrected chi connectivity index (χ1v) is 37.9. The average molecular weight is 1870 g/mol. The molecule has 0 aromatic carbocycles. The number of aliphatic hydroxyl groups is 2. The zero-order valence-corrected chi connectivity index (χ0v) is 75.4. The van der Waals surface area contributed by atoms with Crippen LogP contribution in [-0.4, -0.2) is 128 Å². The van der Waals surface area contributed by atoms with Crippen molar-refractivity contribution >= 4 is 178 Å². The number of ether oxygens (including phenoxy) is 1. The van der Waals surface area contributed by atoms with Gasteiger partial charge in [0.1, 0.15) is 34.0 Å². The number of carbonyl (C=O) groups excluding carboxylic acids is 2. The molecular formula is C65H113Br5Cl4N9O10S3Ti-. The largest absolute Gasteiger partial charge is 0.412 e. The molecular weight excluding hydrogens is 1750 g/mol. The summed E-state index contributed by atoms with van der Waals surface area (Å²) in [6.07, 6.45) is 14.9. The fourth-order valence-corrected chi connectivity index (χ4v) is 7.78. The monoisotopic (exact) mass is 1860 g/mol. The molecule has 0 radical (unpaired) electrons. The van der Waals surface area contributed by atoms with Crippen LogP contribution in [0.15, 0.2) is 119 Å². The molecule has 0 fully saturated rings. The van der Waals surface area contributed by atoms with Crippen LogP contribution in [0.4, 0.5) is 0 Å². The van der Waals surface area contributed by atoms with Crippen molar-refractivity contribution in [2.24, 2.45) is 15.3 Å². The van der Waals surface area contributed by atoms with Crippen LogP contribution in [-0.2, 0) is 59.4 Å². The summed E-state index contributed by atoms with van der Waals surface area (Å²) < 4.78 is 50.2. The van der Waals surface area contributed by atoms with Gasteiger partial charge in [-0.2, -0.15) is 18.2 Å². The SMILES string of the molecule is CC(C)(C)[S@](N)=O.CC(C)O.CC(C)OC(C)C.CCC(=N[S@](=O)C(C)(C)C)c1ccc(Br)nc1.CCC(=O)c1ccc(Br)nc1.CC[C@H](N)c1ccc(Br)nc1.CC[C@H](N[S@](=O)C(C)(C)C)c1ccc(Br)nc1.CO.C[CH-]C.Cl.Cl.ClCCCl.O.O.O=Cc1ccc(Br)nc1.[Ti]. The van der Waals surface area contributed by atoms with Crippen molar-refractivity contribution in [1.29, 1.82) is 0 Å². The van der Waals surface area contributed by atoms with Crippen molar-refractivity contribution in [2.75, 3.05) is 18.9 Å². The Kier molecular flexibility index (Phi) is 89.3. The Hall–Kier alpha value is -0.836. The summed E-state index contributed by atoms with van der Waals surface area (Å²) in [4.78, 5) is 41.3. The van der Waals surface area contributed by atoms with Crippen LogP contribution >= 0.6 is 128 Å². The number of alkyl halides is 2. The van der Waals surface area contributed by atoms with Gasteiger partial charge in [-0.3, -0.25) is 14.7 Å². The van der Waals surface area contributed by atoms with Gasteiger partial charge >= 0.3 is 0 Å². The maximum Gasteiger partial charge on any atom is 0.164 e. The van der Waals surface area contributed by atoms with Crippen molar-refractivity contribution in [3.05, 3.63) is 149 Å². The minimum atomic E-state index is -1.22. The molecule has 0 spiro atoms. The van der Waals surface area contributed by atoms with Gasteiger partial charge in [0.15, 0.2) is 12.1 Å². The number of Topliss-reactive ketones (excluding diaryl/α,β-unsaturated/α-hetero) is 1.